The molecule has 0 spiro atoms. The van der Waals surface area contributed by atoms with Gasteiger partial charge in [0.05, 0.1) is 5.02 Å². The van der Waals surface area contributed by atoms with Crippen LogP contribution >= 0.6 is 27.5 Å². The van der Waals surface area contributed by atoms with E-state index in [1.807, 2.05) is 6.92 Å². The highest BCUT2D eigenvalue weighted by Crippen LogP contribution is 2.28. The van der Waals surface area contributed by atoms with E-state index >= 15 is 0 Å². The molecule has 0 aromatic heterocycles. The van der Waals surface area contributed by atoms with Crippen molar-refractivity contribution < 1.29 is 12.8 Å². The van der Waals surface area contributed by atoms with Gasteiger partial charge in [0.1, 0.15) is 10.7 Å². The van der Waals surface area contributed by atoms with Gasteiger partial charge in [-0.25, -0.2) is 17.5 Å². The number of piperidine rings is 1. The number of benzene rings is 1. The molecule has 0 radical (unpaired) electrons. The maximum Gasteiger partial charge on any atom is 0.243 e. The fraction of sp³-hybridized carbons (Fsp3) is 0.500. The summed E-state index contributed by atoms with van der Waals surface area (Å²) in [6.45, 7) is 3.36. The molecule has 8 heteroatoms. The first kappa shape index (κ1) is 16.2. The van der Waals surface area contributed by atoms with E-state index in [0.29, 0.717) is 11.0 Å². The lowest BCUT2D eigenvalue weighted by Crippen LogP contribution is -2.50. The van der Waals surface area contributed by atoms with Crippen LogP contribution in [-0.4, -0.2) is 27.5 Å². The smallest absolute Gasteiger partial charge is 0.243 e. The van der Waals surface area contributed by atoms with Gasteiger partial charge in [0.15, 0.2) is 0 Å². The van der Waals surface area contributed by atoms with Crippen LogP contribution in [0.4, 0.5) is 4.39 Å². The van der Waals surface area contributed by atoms with Crippen molar-refractivity contribution in [2.24, 2.45) is 5.92 Å². The van der Waals surface area contributed by atoms with Crippen LogP contribution in [0.3, 0.4) is 0 Å². The zero-order chi connectivity index (χ0) is 14.9. The summed E-state index contributed by atoms with van der Waals surface area (Å²) in [7, 11) is -3.93. The number of hydrogen-bond donors (Lipinski definition) is 2. The number of hydrogen-bond acceptors (Lipinski definition) is 3. The van der Waals surface area contributed by atoms with E-state index in [4.69, 9.17) is 11.6 Å². The maximum absolute atomic E-state index is 13.9. The molecular weight excluding hydrogens is 371 g/mol. The van der Waals surface area contributed by atoms with Crippen molar-refractivity contribution in [2.45, 2.75) is 24.3 Å². The molecule has 1 fully saturated rings. The molecule has 1 saturated heterocycles. The lowest BCUT2D eigenvalue weighted by atomic mass is 9.96. The van der Waals surface area contributed by atoms with Crippen molar-refractivity contribution in [1.82, 2.24) is 10.0 Å². The van der Waals surface area contributed by atoms with Gasteiger partial charge in [-0.05, 0) is 46.9 Å². The maximum atomic E-state index is 13.9. The molecule has 1 aliphatic rings. The molecule has 1 aromatic carbocycles. The minimum Gasteiger partial charge on any atom is -0.315 e. The van der Waals surface area contributed by atoms with Crippen molar-refractivity contribution in [2.75, 3.05) is 13.1 Å². The highest BCUT2D eigenvalue weighted by molar-refractivity contribution is 9.10. The van der Waals surface area contributed by atoms with Gasteiger partial charge in [-0.3, -0.25) is 0 Å². The fourth-order valence-electron chi connectivity index (χ4n) is 2.12. The van der Waals surface area contributed by atoms with Crippen molar-refractivity contribution in [3.63, 3.8) is 0 Å². The van der Waals surface area contributed by atoms with Crippen molar-refractivity contribution in [3.05, 3.63) is 27.4 Å². The molecule has 0 amide bonds. The van der Waals surface area contributed by atoms with Crippen molar-refractivity contribution in [1.29, 1.82) is 0 Å². The third kappa shape index (κ3) is 3.51. The van der Waals surface area contributed by atoms with Gasteiger partial charge in [-0.2, -0.15) is 0 Å². The average molecular weight is 386 g/mol. The standard InChI is InChI=1S/C12H15BrClFN2O2S/c1-7-2-3-16-6-11(7)17-20(18,19)12-5-9(14)8(13)4-10(12)15/h4-5,7,11,16-17H,2-3,6H2,1H3. The second-order valence-corrected chi connectivity index (χ2v) is 7.84. The topological polar surface area (TPSA) is 58.2 Å². The molecule has 2 unspecified atom stereocenters. The Kier molecular flexibility index (Phi) is 5.07. The summed E-state index contributed by atoms with van der Waals surface area (Å²) >= 11 is 8.90. The highest BCUT2D eigenvalue weighted by Gasteiger charge is 2.28. The van der Waals surface area contributed by atoms with E-state index < -0.39 is 20.7 Å². The van der Waals surface area contributed by atoms with E-state index in [2.05, 4.69) is 26.0 Å². The molecule has 0 saturated carbocycles. The van der Waals surface area contributed by atoms with Crippen LogP contribution in [0.5, 0.6) is 0 Å². The zero-order valence-corrected chi connectivity index (χ0v) is 13.9. The molecule has 2 N–H and O–H groups in total. The van der Waals surface area contributed by atoms with E-state index in [9.17, 15) is 12.8 Å². The van der Waals surface area contributed by atoms with Crippen molar-refractivity contribution >= 4 is 37.6 Å². The third-order valence-electron chi connectivity index (χ3n) is 3.40. The quantitative estimate of drug-likeness (QED) is 0.786. The predicted octanol–water partition coefficient (Wildman–Crippen LogP) is 2.52. The van der Waals surface area contributed by atoms with Crippen LogP contribution in [-0.2, 0) is 10.0 Å². The molecule has 2 rings (SSSR count). The molecule has 0 bridgehead atoms. The molecule has 2 atom stereocenters. The molecule has 112 valence electrons. The summed E-state index contributed by atoms with van der Waals surface area (Å²) < 4.78 is 41.3. The Morgan fingerprint density at radius 1 is 1.50 bits per heavy atom. The molecule has 4 nitrogen and oxygen atoms in total. The Morgan fingerprint density at radius 2 is 2.20 bits per heavy atom. The summed E-state index contributed by atoms with van der Waals surface area (Å²) in [5.41, 5.74) is 0. The van der Waals surface area contributed by atoms with Crippen molar-refractivity contribution in [3.8, 4) is 0 Å². The molecule has 1 heterocycles. The van der Waals surface area contributed by atoms with Crippen LogP contribution in [0, 0.1) is 11.7 Å². The number of halogens is 3. The second kappa shape index (κ2) is 6.27. The van der Waals surface area contributed by atoms with Gasteiger partial charge in [0, 0.05) is 17.1 Å². The lowest BCUT2D eigenvalue weighted by molar-refractivity contribution is 0.327. The number of rotatable bonds is 3. The largest absolute Gasteiger partial charge is 0.315 e. The first-order valence-electron chi connectivity index (χ1n) is 6.19. The molecular formula is C12H15BrClFN2O2S. The molecule has 1 aliphatic heterocycles. The second-order valence-electron chi connectivity index (χ2n) is 4.89. The van der Waals surface area contributed by atoms with Gasteiger partial charge in [-0.1, -0.05) is 18.5 Å². The molecule has 1 aromatic rings. The molecule has 0 aliphatic carbocycles. The first-order chi connectivity index (χ1) is 9.31. The van der Waals surface area contributed by atoms with Crippen LogP contribution in [0.15, 0.2) is 21.5 Å². The third-order valence-corrected chi connectivity index (χ3v) is 6.10. The van der Waals surface area contributed by atoms with E-state index in [0.717, 1.165) is 25.1 Å². The van der Waals surface area contributed by atoms with E-state index in [1.54, 1.807) is 0 Å². The summed E-state index contributed by atoms with van der Waals surface area (Å²) in [5, 5.41) is 3.27. The monoisotopic (exact) mass is 384 g/mol. The lowest BCUT2D eigenvalue weighted by Gasteiger charge is -2.30. The summed E-state index contributed by atoms with van der Waals surface area (Å²) in [6, 6.07) is 1.92. The van der Waals surface area contributed by atoms with Crippen LogP contribution < -0.4 is 10.0 Å². The minimum absolute atomic E-state index is 0.154. The normalized spacial score (nSPS) is 23.8. The summed E-state index contributed by atoms with van der Waals surface area (Å²) in [5.74, 6) is -0.634. The summed E-state index contributed by atoms with van der Waals surface area (Å²) in [4.78, 5) is -0.427. The SMILES string of the molecule is CC1CCNCC1NS(=O)(=O)c1cc(Cl)c(Br)cc1F. The van der Waals surface area contributed by atoms with Gasteiger partial charge < -0.3 is 5.32 Å². The van der Waals surface area contributed by atoms with E-state index in [-0.39, 0.29) is 17.0 Å². The number of nitrogens with one attached hydrogen (secondary N) is 2. The number of sulfonamides is 1. The minimum atomic E-state index is -3.93. The van der Waals surface area contributed by atoms with Gasteiger partial charge in [0.25, 0.3) is 0 Å². The van der Waals surface area contributed by atoms with E-state index in [1.165, 1.54) is 0 Å². The first-order valence-corrected chi connectivity index (χ1v) is 8.84. The average Bonchev–Trinajstić information content (AvgIpc) is 2.36. The predicted molar refractivity (Wildman–Crippen MR) is 79.9 cm³/mol. The van der Waals surface area contributed by atoms with Gasteiger partial charge in [-0.15, -0.1) is 0 Å². The Labute approximate surface area is 131 Å². The zero-order valence-electron chi connectivity index (χ0n) is 10.8. The fourth-order valence-corrected chi connectivity index (χ4v) is 4.09. The van der Waals surface area contributed by atoms with Crippen LogP contribution in [0.2, 0.25) is 5.02 Å². The summed E-state index contributed by atoms with van der Waals surface area (Å²) in [6.07, 6.45) is 0.872. The van der Waals surface area contributed by atoms with Crippen LogP contribution in [0.1, 0.15) is 13.3 Å². The Hall–Kier alpha value is -0.210. The Morgan fingerprint density at radius 3 is 2.85 bits per heavy atom. The van der Waals surface area contributed by atoms with Gasteiger partial charge >= 0.3 is 0 Å². The molecule has 20 heavy (non-hydrogen) atoms. The Bertz CT molecular complexity index is 612. The Balaban J connectivity index is 2.28. The van der Waals surface area contributed by atoms with Crippen LogP contribution in [0.25, 0.3) is 0 Å². The highest BCUT2D eigenvalue weighted by atomic mass is 79.9. The van der Waals surface area contributed by atoms with Gasteiger partial charge in [0.2, 0.25) is 10.0 Å².